The number of pyridine rings is 1. The molecule has 0 unspecified atom stereocenters. The number of amides is 1. The molecule has 0 aliphatic carbocycles. The van der Waals surface area contributed by atoms with E-state index < -0.39 is 5.91 Å². The van der Waals surface area contributed by atoms with E-state index in [-0.39, 0.29) is 5.56 Å². The third kappa shape index (κ3) is 4.16. The zero-order valence-electron chi connectivity index (χ0n) is 11.7. The minimum Gasteiger partial charge on any atom is -0.315 e. The van der Waals surface area contributed by atoms with Crippen molar-refractivity contribution in [2.75, 3.05) is 0 Å². The highest BCUT2D eigenvalue weighted by Crippen LogP contribution is 2.16. The lowest BCUT2D eigenvalue weighted by molar-refractivity contribution is -0.124. The monoisotopic (exact) mass is 362 g/mol. The minimum absolute atomic E-state index is 0.184. The molecule has 2 aromatic rings. The van der Waals surface area contributed by atoms with E-state index in [9.17, 15) is 9.59 Å². The van der Waals surface area contributed by atoms with Crippen molar-refractivity contribution in [2.24, 2.45) is 0 Å². The largest absolute Gasteiger partial charge is 0.315 e. The molecule has 0 spiro atoms. The van der Waals surface area contributed by atoms with Gasteiger partial charge in [-0.25, -0.2) is 5.48 Å². The van der Waals surface area contributed by atoms with Gasteiger partial charge in [0.1, 0.15) is 0 Å². The van der Waals surface area contributed by atoms with Crippen LogP contribution in [-0.4, -0.2) is 15.7 Å². The van der Waals surface area contributed by atoms with Gasteiger partial charge >= 0.3 is 0 Å². The number of hydroxylamine groups is 1. The van der Waals surface area contributed by atoms with Crippen LogP contribution in [0.1, 0.15) is 11.1 Å². The smallest absolute Gasteiger partial charge is 0.267 e. The van der Waals surface area contributed by atoms with Crippen LogP contribution in [0.2, 0.25) is 0 Å². The maximum Gasteiger partial charge on any atom is 0.267 e. The number of aromatic nitrogens is 1. The summed E-state index contributed by atoms with van der Waals surface area (Å²) in [7, 11) is 0. The Labute approximate surface area is 136 Å². The Kier molecular flexibility index (Phi) is 5.68. The van der Waals surface area contributed by atoms with Crippen LogP contribution in [0.4, 0.5) is 0 Å². The molecule has 114 valence electrons. The Morgan fingerprint density at radius 1 is 1.27 bits per heavy atom. The Hall–Kier alpha value is -2.18. The van der Waals surface area contributed by atoms with Gasteiger partial charge in [-0.1, -0.05) is 34.1 Å². The first-order valence-corrected chi connectivity index (χ1v) is 7.46. The normalized spacial score (nSPS) is 10.8. The van der Waals surface area contributed by atoms with Crippen LogP contribution in [0.3, 0.4) is 0 Å². The fourth-order valence-electron chi connectivity index (χ4n) is 2.00. The molecule has 0 atom stereocenters. The molecule has 22 heavy (non-hydrogen) atoms. The average molecular weight is 363 g/mol. The van der Waals surface area contributed by atoms with Gasteiger partial charge in [0.05, 0.1) is 0 Å². The first-order chi connectivity index (χ1) is 10.6. The Morgan fingerprint density at radius 3 is 2.77 bits per heavy atom. The highest BCUT2D eigenvalue weighted by atomic mass is 79.9. The van der Waals surface area contributed by atoms with E-state index in [4.69, 9.17) is 5.21 Å². The minimum atomic E-state index is -0.678. The average Bonchev–Trinajstić information content (AvgIpc) is 2.53. The molecule has 0 saturated heterocycles. The van der Waals surface area contributed by atoms with E-state index in [2.05, 4.69) is 15.9 Å². The molecule has 1 aromatic heterocycles. The zero-order valence-corrected chi connectivity index (χ0v) is 13.3. The van der Waals surface area contributed by atoms with Crippen LogP contribution in [0.15, 0.2) is 57.9 Å². The summed E-state index contributed by atoms with van der Waals surface area (Å²) in [6.45, 7) is 0.537. The van der Waals surface area contributed by atoms with Crippen molar-refractivity contribution in [3.63, 3.8) is 0 Å². The molecule has 5 nitrogen and oxygen atoms in total. The number of halogens is 1. The summed E-state index contributed by atoms with van der Waals surface area (Å²) in [5.41, 5.74) is 2.81. The number of carbonyl (C=O) groups excluding carboxylic acids is 1. The molecule has 1 amide bonds. The van der Waals surface area contributed by atoms with E-state index in [0.717, 1.165) is 16.1 Å². The molecular formula is C16H15BrN2O3. The number of carbonyl (C=O) groups is 1. The quantitative estimate of drug-likeness (QED) is 0.487. The molecule has 0 bridgehead atoms. The lowest BCUT2D eigenvalue weighted by Crippen LogP contribution is -2.22. The summed E-state index contributed by atoms with van der Waals surface area (Å²) in [5.74, 6) is -0.678. The highest BCUT2D eigenvalue weighted by molar-refractivity contribution is 9.10. The standard InChI is InChI=1S/C16H15BrN2O3/c17-14-6-2-1-4-12(14)9-11-19-10-3-5-13(16(19)21)7-8-15(20)18-22/h1-8,10,22H,9,11H2,(H,18,20)/b8-7+. The summed E-state index contributed by atoms with van der Waals surface area (Å²) in [5, 5.41) is 8.43. The van der Waals surface area contributed by atoms with Gasteiger partial charge in [0.25, 0.3) is 11.5 Å². The summed E-state index contributed by atoms with van der Waals surface area (Å²) in [4.78, 5) is 23.2. The van der Waals surface area contributed by atoms with Gasteiger partial charge in [0.15, 0.2) is 0 Å². The van der Waals surface area contributed by atoms with E-state index in [1.54, 1.807) is 22.9 Å². The summed E-state index contributed by atoms with van der Waals surface area (Å²) in [6, 6.07) is 11.2. The predicted octanol–water partition coefficient (Wildman–Crippen LogP) is 2.37. The van der Waals surface area contributed by atoms with Gasteiger partial charge in [-0.2, -0.15) is 0 Å². The van der Waals surface area contributed by atoms with Crippen molar-refractivity contribution < 1.29 is 10.0 Å². The third-order valence-corrected chi connectivity index (χ3v) is 3.93. The topological polar surface area (TPSA) is 71.3 Å². The Balaban J connectivity index is 2.16. The number of nitrogens with one attached hydrogen (secondary N) is 1. The second kappa shape index (κ2) is 7.72. The number of rotatable bonds is 5. The molecule has 0 aliphatic rings. The maximum absolute atomic E-state index is 12.3. The van der Waals surface area contributed by atoms with Crippen LogP contribution in [0, 0.1) is 0 Å². The fraction of sp³-hybridized carbons (Fsp3) is 0.125. The van der Waals surface area contributed by atoms with E-state index >= 15 is 0 Å². The number of aryl methyl sites for hydroxylation is 2. The molecule has 0 aliphatic heterocycles. The lowest BCUT2D eigenvalue weighted by atomic mass is 10.1. The molecule has 0 radical (unpaired) electrons. The van der Waals surface area contributed by atoms with E-state index in [1.807, 2.05) is 24.3 Å². The molecule has 1 heterocycles. The van der Waals surface area contributed by atoms with Gasteiger partial charge < -0.3 is 4.57 Å². The van der Waals surface area contributed by atoms with E-state index in [0.29, 0.717) is 18.5 Å². The maximum atomic E-state index is 12.3. The van der Waals surface area contributed by atoms with Crippen molar-refractivity contribution in [3.8, 4) is 0 Å². The molecule has 0 saturated carbocycles. The second-order valence-electron chi connectivity index (χ2n) is 4.61. The van der Waals surface area contributed by atoms with Crippen molar-refractivity contribution in [3.05, 3.63) is 74.6 Å². The SMILES string of the molecule is O=C(/C=C/c1cccn(CCc2ccccc2Br)c1=O)NO. The third-order valence-electron chi connectivity index (χ3n) is 3.15. The summed E-state index contributed by atoms with van der Waals surface area (Å²) in [6.07, 6.45) is 4.91. The van der Waals surface area contributed by atoms with Crippen LogP contribution in [0.25, 0.3) is 6.08 Å². The number of hydrogen-bond donors (Lipinski definition) is 2. The summed E-state index contributed by atoms with van der Waals surface area (Å²) >= 11 is 3.48. The Bertz CT molecular complexity index is 753. The van der Waals surface area contributed by atoms with E-state index in [1.165, 1.54) is 11.6 Å². The van der Waals surface area contributed by atoms with Crippen molar-refractivity contribution in [2.45, 2.75) is 13.0 Å². The number of benzene rings is 1. The lowest BCUT2D eigenvalue weighted by Gasteiger charge is -2.08. The zero-order chi connectivity index (χ0) is 15.9. The fourth-order valence-corrected chi connectivity index (χ4v) is 2.49. The second-order valence-corrected chi connectivity index (χ2v) is 5.47. The Morgan fingerprint density at radius 2 is 2.05 bits per heavy atom. The van der Waals surface area contributed by atoms with Gasteiger partial charge in [-0.3, -0.25) is 14.8 Å². The van der Waals surface area contributed by atoms with Crippen LogP contribution in [-0.2, 0) is 17.8 Å². The first kappa shape index (κ1) is 16.2. The van der Waals surface area contributed by atoms with Crippen LogP contribution in [0.5, 0.6) is 0 Å². The van der Waals surface area contributed by atoms with Crippen LogP contribution < -0.4 is 11.0 Å². The molecule has 1 aromatic carbocycles. The summed E-state index contributed by atoms with van der Waals surface area (Å²) < 4.78 is 2.61. The van der Waals surface area contributed by atoms with Gasteiger partial charge in [-0.05, 0) is 36.3 Å². The first-order valence-electron chi connectivity index (χ1n) is 6.67. The van der Waals surface area contributed by atoms with Crippen LogP contribution >= 0.6 is 15.9 Å². The molecule has 0 fully saturated rings. The van der Waals surface area contributed by atoms with Gasteiger partial charge in [0, 0.05) is 28.9 Å². The molecule has 2 rings (SSSR count). The highest BCUT2D eigenvalue weighted by Gasteiger charge is 2.03. The molecule has 2 N–H and O–H groups in total. The predicted molar refractivity (Wildman–Crippen MR) is 87.5 cm³/mol. The van der Waals surface area contributed by atoms with Gasteiger partial charge in [-0.15, -0.1) is 0 Å². The molecular weight excluding hydrogens is 348 g/mol. The number of nitrogens with zero attached hydrogens (tertiary/aromatic N) is 1. The molecule has 6 heteroatoms. The van der Waals surface area contributed by atoms with Crippen molar-refractivity contribution in [1.82, 2.24) is 10.0 Å². The van der Waals surface area contributed by atoms with Crippen molar-refractivity contribution >= 4 is 27.9 Å². The van der Waals surface area contributed by atoms with Gasteiger partial charge in [0.2, 0.25) is 0 Å². The van der Waals surface area contributed by atoms with Crippen molar-refractivity contribution in [1.29, 1.82) is 0 Å². The number of hydrogen-bond acceptors (Lipinski definition) is 3.